The zero-order valence-corrected chi connectivity index (χ0v) is 18.6. The number of pyridine rings is 1. The van der Waals surface area contributed by atoms with Crippen LogP contribution in [0, 0.1) is 11.3 Å². The highest BCUT2D eigenvalue weighted by Crippen LogP contribution is 2.39. The smallest absolute Gasteiger partial charge is 0.268 e. The van der Waals surface area contributed by atoms with Crippen molar-refractivity contribution >= 4 is 60.4 Å². The number of aromatic nitrogens is 1. The lowest BCUT2D eigenvalue weighted by molar-refractivity contribution is 0.103. The first-order chi connectivity index (χ1) is 15.1. The average Bonchev–Trinajstić information content (AvgIpc) is 3.29. The Balaban J connectivity index is 1.52. The normalized spacial score (nSPS) is 13.2. The fraction of sp³-hybridized carbons (Fsp3) is 0.261. The van der Waals surface area contributed by atoms with Crippen LogP contribution in [0.1, 0.15) is 45.4 Å². The molecule has 3 heterocycles. The fourth-order valence-corrected chi connectivity index (χ4v) is 6.25. The summed E-state index contributed by atoms with van der Waals surface area (Å²) in [4.78, 5) is 20.1. The number of nitrogens with two attached hydrogens (primary N) is 1. The van der Waals surface area contributed by atoms with Gasteiger partial charge in [0.1, 0.15) is 26.5 Å². The zero-order chi connectivity index (χ0) is 21.5. The van der Waals surface area contributed by atoms with E-state index in [2.05, 4.69) is 16.4 Å². The Labute approximate surface area is 187 Å². The van der Waals surface area contributed by atoms with Gasteiger partial charge in [-0.2, -0.15) is 5.26 Å². The predicted octanol–water partition coefficient (Wildman–Crippen LogP) is 5.49. The molecule has 1 amide bonds. The number of hydrogen-bond donors (Lipinski definition) is 2. The van der Waals surface area contributed by atoms with Crippen molar-refractivity contribution in [1.29, 1.82) is 5.26 Å². The molecule has 156 valence electrons. The third kappa shape index (κ3) is 3.40. The van der Waals surface area contributed by atoms with Gasteiger partial charge in [0.25, 0.3) is 5.91 Å². The first-order valence-corrected chi connectivity index (χ1v) is 11.8. The third-order valence-electron chi connectivity index (χ3n) is 5.51. The second kappa shape index (κ2) is 7.84. The Bertz CT molecular complexity index is 1380. The van der Waals surface area contributed by atoms with Crippen LogP contribution in [0.25, 0.3) is 21.1 Å². The van der Waals surface area contributed by atoms with Crippen LogP contribution in [0.3, 0.4) is 0 Å². The molecule has 0 unspecified atom stereocenters. The van der Waals surface area contributed by atoms with Gasteiger partial charge in [-0.3, -0.25) is 4.79 Å². The molecule has 0 bridgehead atoms. The van der Waals surface area contributed by atoms with Crippen molar-refractivity contribution in [3.8, 4) is 11.8 Å². The van der Waals surface area contributed by atoms with Crippen LogP contribution < -0.4 is 15.8 Å². The number of nitrogens with one attached hydrogen (secondary N) is 1. The zero-order valence-electron chi connectivity index (χ0n) is 16.9. The number of ether oxygens (including phenoxy) is 1. The monoisotopic (exact) mass is 448 g/mol. The third-order valence-corrected chi connectivity index (χ3v) is 7.83. The predicted molar refractivity (Wildman–Crippen MR) is 126 cm³/mol. The Morgan fingerprint density at radius 1 is 1.29 bits per heavy atom. The van der Waals surface area contributed by atoms with Crippen molar-refractivity contribution in [2.75, 3.05) is 17.7 Å². The molecule has 0 spiro atoms. The molecule has 0 atom stereocenters. The summed E-state index contributed by atoms with van der Waals surface area (Å²) in [6.07, 6.45) is 4.07. The minimum absolute atomic E-state index is 0.297. The summed E-state index contributed by atoms with van der Waals surface area (Å²) in [5.41, 5.74) is 9.29. The van der Waals surface area contributed by atoms with Crippen molar-refractivity contribution in [2.24, 2.45) is 0 Å². The number of benzene rings is 1. The molecule has 0 saturated carbocycles. The summed E-state index contributed by atoms with van der Waals surface area (Å²) in [5, 5.41) is 14.9. The van der Waals surface area contributed by atoms with Gasteiger partial charge in [0.2, 0.25) is 0 Å². The highest BCUT2D eigenvalue weighted by molar-refractivity contribution is 7.21. The average molecular weight is 449 g/mol. The maximum atomic E-state index is 13.1. The van der Waals surface area contributed by atoms with Gasteiger partial charge in [0.15, 0.2) is 0 Å². The van der Waals surface area contributed by atoms with Gasteiger partial charge in [-0.05, 0) is 62.4 Å². The number of nitriles is 1. The van der Waals surface area contributed by atoms with E-state index in [1.807, 2.05) is 31.2 Å². The summed E-state index contributed by atoms with van der Waals surface area (Å²) in [6, 6.07) is 9.96. The van der Waals surface area contributed by atoms with Gasteiger partial charge < -0.3 is 15.8 Å². The summed E-state index contributed by atoms with van der Waals surface area (Å²) in [7, 11) is 0. The number of thiophene rings is 2. The largest absolute Gasteiger partial charge is 0.494 e. The molecule has 3 aromatic heterocycles. The number of fused-ring (bicyclic) bond motifs is 3. The number of carbonyl (C=O) groups is 1. The maximum absolute atomic E-state index is 13.1. The summed E-state index contributed by atoms with van der Waals surface area (Å²) in [5.74, 6) is 0.475. The van der Waals surface area contributed by atoms with Crippen LogP contribution in [0.4, 0.5) is 10.7 Å². The van der Waals surface area contributed by atoms with Crippen molar-refractivity contribution in [3.05, 3.63) is 45.1 Å². The van der Waals surface area contributed by atoms with E-state index in [9.17, 15) is 10.1 Å². The topological polar surface area (TPSA) is 101 Å². The van der Waals surface area contributed by atoms with E-state index in [0.29, 0.717) is 32.6 Å². The van der Waals surface area contributed by atoms with E-state index in [1.54, 1.807) is 0 Å². The van der Waals surface area contributed by atoms with Gasteiger partial charge >= 0.3 is 0 Å². The number of nitrogen functional groups attached to an aromatic ring is 1. The van der Waals surface area contributed by atoms with Gasteiger partial charge in [-0.25, -0.2) is 4.98 Å². The molecule has 1 aliphatic rings. The Morgan fingerprint density at radius 2 is 2.13 bits per heavy atom. The van der Waals surface area contributed by atoms with Crippen molar-refractivity contribution in [2.45, 2.75) is 32.6 Å². The molecular weight excluding hydrogens is 428 g/mol. The van der Waals surface area contributed by atoms with E-state index >= 15 is 0 Å². The van der Waals surface area contributed by atoms with E-state index in [4.69, 9.17) is 10.5 Å². The van der Waals surface area contributed by atoms with E-state index < -0.39 is 0 Å². The number of nitrogens with zero attached hydrogens (tertiary/aromatic N) is 2. The number of hydrogen-bond acceptors (Lipinski definition) is 7. The summed E-state index contributed by atoms with van der Waals surface area (Å²) < 4.78 is 5.58. The van der Waals surface area contributed by atoms with E-state index in [-0.39, 0.29) is 5.91 Å². The lowest BCUT2D eigenvalue weighted by Gasteiger charge is -2.09. The fourth-order valence-electron chi connectivity index (χ4n) is 4.04. The van der Waals surface area contributed by atoms with Gasteiger partial charge in [0.05, 0.1) is 23.4 Å². The lowest BCUT2D eigenvalue weighted by Crippen LogP contribution is -2.12. The van der Waals surface area contributed by atoms with E-state index in [0.717, 1.165) is 53.3 Å². The summed E-state index contributed by atoms with van der Waals surface area (Å²) >= 11 is 2.78. The molecule has 5 rings (SSSR count). The molecule has 8 heteroatoms. The Morgan fingerprint density at radius 3 is 2.94 bits per heavy atom. The molecular formula is C23H20N4O2S2. The molecule has 4 aromatic rings. The van der Waals surface area contributed by atoms with Crippen molar-refractivity contribution < 1.29 is 9.53 Å². The first-order valence-electron chi connectivity index (χ1n) is 10.2. The van der Waals surface area contributed by atoms with Crippen LogP contribution in [-0.4, -0.2) is 17.5 Å². The lowest BCUT2D eigenvalue weighted by atomic mass is 9.96. The minimum atomic E-state index is -0.297. The van der Waals surface area contributed by atoms with Crippen LogP contribution in [0.15, 0.2) is 24.3 Å². The first kappa shape index (κ1) is 19.8. The van der Waals surface area contributed by atoms with Gasteiger partial charge in [0, 0.05) is 15.6 Å². The standard InChI is InChI=1S/C23H20N4O2S2/c1-2-29-13-7-8-17-12(9-13)10-15-19(25)20(31-22(15)26-17)21(28)27-23-16(11-24)14-5-3-4-6-18(14)30-23/h7-10H,2-6,25H2,1H3,(H,27,28). The summed E-state index contributed by atoms with van der Waals surface area (Å²) in [6.45, 7) is 2.53. The molecule has 6 nitrogen and oxygen atoms in total. The van der Waals surface area contributed by atoms with E-state index in [1.165, 1.54) is 27.6 Å². The number of rotatable bonds is 4. The highest BCUT2D eigenvalue weighted by atomic mass is 32.1. The maximum Gasteiger partial charge on any atom is 0.268 e. The minimum Gasteiger partial charge on any atom is -0.494 e. The number of aryl methyl sites for hydroxylation is 1. The second-order valence-electron chi connectivity index (χ2n) is 7.45. The number of carbonyl (C=O) groups excluding carboxylic acids is 1. The molecule has 31 heavy (non-hydrogen) atoms. The second-order valence-corrected chi connectivity index (χ2v) is 9.56. The molecule has 1 aromatic carbocycles. The van der Waals surface area contributed by atoms with Crippen molar-refractivity contribution in [1.82, 2.24) is 4.98 Å². The van der Waals surface area contributed by atoms with Gasteiger partial charge in [-0.1, -0.05) is 0 Å². The molecule has 0 radical (unpaired) electrons. The Kier molecular flexibility index (Phi) is 5.00. The van der Waals surface area contributed by atoms with Crippen LogP contribution in [0.2, 0.25) is 0 Å². The number of anilines is 2. The van der Waals surface area contributed by atoms with Crippen LogP contribution in [-0.2, 0) is 12.8 Å². The van der Waals surface area contributed by atoms with Crippen LogP contribution in [0.5, 0.6) is 5.75 Å². The van der Waals surface area contributed by atoms with Crippen molar-refractivity contribution in [3.63, 3.8) is 0 Å². The SMILES string of the molecule is CCOc1ccc2nc3sc(C(=O)Nc4sc5c(c4C#N)CCCC5)c(N)c3cc2c1. The molecule has 3 N–H and O–H groups in total. The molecule has 0 saturated heterocycles. The highest BCUT2D eigenvalue weighted by Gasteiger charge is 2.24. The Hall–Kier alpha value is -3.15. The molecule has 0 fully saturated rings. The molecule has 0 aliphatic heterocycles. The molecule has 1 aliphatic carbocycles. The quantitative estimate of drug-likeness (QED) is 0.430. The number of amides is 1. The van der Waals surface area contributed by atoms with Crippen LogP contribution >= 0.6 is 22.7 Å². The van der Waals surface area contributed by atoms with Gasteiger partial charge in [-0.15, -0.1) is 22.7 Å².